The summed E-state index contributed by atoms with van der Waals surface area (Å²) in [5.41, 5.74) is 3.01. The van der Waals surface area contributed by atoms with Gasteiger partial charge in [-0.1, -0.05) is 20.3 Å². The molecule has 4 heteroatoms. The van der Waals surface area contributed by atoms with Crippen LogP contribution in [0.3, 0.4) is 0 Å². The van der Waals surface area contributed by atoms with Crippen molar-refractivity contribution in [2.45, 2.75) is 40.5 Å². The fourth-order valence-corrected chi connectivity index (χ4v) is 2.97. The Balaban J connectivity index is 2.42. The predicted molar refractivity (Wildman–Crippen MR) is 95.9 cm³/mol. The fourth-order valence-electron chi connectivity index (χ4n) is 2.97. The minimum absolute atomic E-state index is 0.0624. The van der Waals surface area contributed by atoms with Crippen LogP contribution in [0, 0.1) is 25.6 Å². The summed E-state index contributed by atoms with van der Waals surface area (Å²) in [4.78, 5) is 19.0. The third-order valence-corrected chi connectivity index (χ3v) is 4.22. The Morgan fingerprint density at radius 1 is 1.25 bits per heavy atom. The van der Waals surface area contributed by atoms with Gasteiger partial charge in [-0.25, -0.2) is 4.39 Å². The lowest BCUT2D eigenvalue weighted by atomic mass is 10.0. The number of amides is 1. The first kappa shape index (κ1) is 18.1. The smallest absolute Gasteiger partial charge is 0.258 e. The SMILES string of the molecule is CCCC(C)CN(C(=O)c1ccncc1C)c1ccc(F)cc1C. The van der Waals surface area contributed by atoms with Crippen LogP contribution < -0.4 is 4.90 Å². The zero-order chi connectivity index (χ0) is 17.7. The first-order valence-electron chi connectivity index (χ1n) is 8.42. The molecule has 1 heterocycles. The number of hydrogen-bond acceptors (Lipinski definition) is 2. The predicted octanol–water partition coefficient (Wildman–Crippen LogP) is 4.92. The summed E-state index contributed by atoms with van der Waals surface area (Å²) in [6.45, 7) is 8.61. The number of carbonyl (C=O) groups excluding carboxylic acids is 1. The minimum Gasteiger partial charge on any atom is -0.308 e. The maximum Gasteiger partial charge on any atom is 0.258 e. The second-order valence-corrected chi connectivity index (χ2v) is 6.43. The van der Waals surface area contributed by atoms with Crippen molar-refractivity contribution in [2.75, 3.05) is 11.4 Å². The second-order valence-electron chi connectivity index (χ2n) is 6.43. The number of aromatic nitrogens is 1. The molecule has 1 amide bonds. The van der Waals surface area contributed by atoms with E-state index in [9.17, 15) is 9.18 Å². The first-order valence-corrected chi connectivity index (χ1v) is 8.42. The number of carbonyl (C=O) groups is 1. The highest BCUT2D eigenvalue weighted by molar-refractivity contribution is 6.07. The van der Waals surface area contributed by atoms with Gasteiger partial charge in [0.2, 0.25) is 0 Å². The molecular weight excluding hydrogens is 303 g/mol. The number of halogens is 1. The van der Waals surface area contributed by atoms with E-state index >= 15 is 0 Å². The lowest BCUT2D eigenvalue weighted by Gasteiger charge is -2.28. The molecule has 1 atom stereocenters. The van der Waals surface area contributed by atoms with Crippen LogP contribution in [0.1, 0.15) is 48.2 Å². The van der Waals surface area contributed by atoms with Gasteiger partial charge >= 0.3 is 0 Å². The number of anilines is 1. The van der Waals surface area contributed by atoms with Crippen molar-refractivity contribution in [1.82, 2.24) is 4.98 Å². The molecule has 1 aromatic carbocycles. The highest BCUT2D eigenvalue weighted by Crippen LogP contribution is 2.25. The number of hydrogen-bond donors (Lipinski definition) is 0. The van der Waals surface area contributed by atoms with E-state index in [-0.39, 0.29) is 11.7 Å². The number of pyridine rings is 1. The fraction of sp³-hybridized carbons (Fsp3) is 0.400. The summed E-state index contributed by atoms with van der Waals surface area (Å²) in [6, 6.07) is 6.32. The molecule has 2 aromatic rings. The van der Waals surface area contributed by atoms with E-state index in [1.807, 2.05) is 13.8 Å². The standard InChI is InChI=1S/C20H25FN2O/c1-5-6-14(2)13-23(19-8-7-17(21)11-15(19)3)20(24)18-9-10-22-12-16(18)4/h7-12,14H,5-6,13H2,1-4H3. The minimum atomic E-state index is -0.287. The number of rotatable bonds is 6. The maximum atomic E-state index is 13.5. The Morgan fingerprint density at radius 2 is 2.00 bits per heavy atom. The van der Waals surface area contributed by atoms with Crippen molar-refractivity contribution >= 4 is 11.6 Å². The summed E-state index contributed by atoms with van der Waals surface area (Å²) >= 11 is 0. The molecule has 3 nitrogen and oxygen atoms in total. The van der Waals surface area contributed by atoms with Gasteiger partial charge in [-0.2, -0.15) is 0 Å². The summed E-state index contributed by atoms with van der Waals surface area (Å²) in [5, 5.41) is 0. The molecule has 128 valence electrons. The summed E-state index contributed by atoms with van der Waals surface area (Å²) in [7, 11) is 0. The lowest BCUT2D eigenvalue weighted by molar-refractivity contribution is 0.0982. The molecule has 0 spiro atoms. The first-order chi connectivity index (χ1) is 11.4. The molecule has 1 aromatic heterocycles. The largest absolute Gasteiger partial charge is 0.308 e. The number of nitrogens with zero attached hydrogens (tertiary/aromatic N) is 2. The molecule has 0 saturated heterocycles. The monoisotopic (exact) mass is 328 g/mol. The van der Waals surface area contributed by atoms with Crippen molar-refractivity contribution in [2.24, 2.45) is 5.92 Å². The molecule has 0 radical (unpaired) electrons. The topological polar surface area (TPSA) is 33.2 Å². The number of aryl methyl sites for hydroxylation is 2. The van der Waals surface area contributed by atoms with Gasteiger partial charge in [-0.3, -0.25) is 9.78 Å². The van der Waals surface area contributed by atoms with Gasteiger partial charge < -0.3 is 4.90 Å². The number of benzene rings is 1. The summed E-state index contributed by atoms with van der Waals surface area (Å²) in [5.74, 6) is 0.0171. The third kappa shape index (κ3) is 4.19. The van der Waals surface area contributed by atoms with E-state index in [0.717, 1.165) is 29.7 Å². The van der Waals surface area contributed by atoms with E-state index in [1.54, 1.807) is 29.4 Å². The Kier molecular flexibility index (Phi) is 6.07. The molecule has 0 saturated carbocycles. The highest BCUT2D eigenvalue weighted by atomic mass is 19.1. The molecule has 2 rings (SSSR count). The quantitative estimate of drug-likeness (QED) is 0.754. The molecular formula is C20H25FN2O. The van der Waals surface area contributed by atoms with Crippen LogP contribution in [0.25, 0.3) is 0 Å². The Hall–Kier alpha value is -2.23. The van der Waals surface area contributed by atoms with Crippen molar-refractivity contribution in [1.29, 1.82) is 0 Å². The molecule has 24 heavy (non-hydrogen) atoms. The van der Waals surface area contributed by atoms with Gasteiger partial charge in [0, 0.05) is 30.2 Å². The summed E-state index contributed by atoms with van der Waals surface area (Å²) < 4.78 is 13.5. The van der Waals surface area contributed by atoms with Crippen LogP contribution in [0.5, 0.6) is 0 Å². The zero-order valence-electron chi connectivity index (χ0n) is 14.8. The van der Waals surface area contributed by atoms with E-state index in [1.165, 1.54) is 12.1 Å². The molecule has 0 N–H and O–H groups in total. The van der Waals surface area contributed by atoms with Crippen LogP contribution >= 0.6 is 0 Å². The van der Waals surface area contributed by atoms with Crippen molar-refractivity contribution in [3.8, 4) is 0 Å². The van der Waals surface area contributed by atoms with Gasteiger partial charge in [0.05, 0.1) is 0 Å². The van der Waals surface area contributed by atoms with E-state index < -0.39 is 0 Å². The molecule has 1 unspecified atom stereocenters. The summed E-state index contributed by atoms with van der Waals surface area (Å²) in [6.07, 6.45) is 5.43. The van der Waals surface area contributed by atoms with Crippen molar-refractivity contribution < 1.29 is 9.18 Å². The van der Waals surface area contributed by atoms with Crippen LogP contribution in [-0.4, -0.2) is 17.4 Å². The normalized spacial score (nSPS) is 12.0. The maximum absolute atomic E-state index is 13.5. The zero-order valence-corrected chi connectivity index (χ0v) is 14.8. The van der Waals surface area contributed by atoms with E-state index in [4.69, 9.17) is 0 Å². The van der Waals surface area contributed by atoms with E-state index in [2.05, 4.69) is 18.8 Å². The van der Waals surface area contributed by atoms with Gasteiger partial charge in [0.1, 0.15) is 5.82 Å². The Morgan fingerprint density at radius 3 is 2.62 bits per heavy atom. The Bertz CT molecular complexity index is 715. The van der Waals surface area contributed by atoms with E-state index in [0.29, 0.717) is 18.0 Å². The molecule has 0 bridgehead atoms. The van der Waals surface area contributed by atoms with Crippen molar-refractivity contribution in [3.05, 3.63) is 59.2 Å². The van der Waals surface area contributed by atoms with Crippen LogP contribution in [-0.2, 0) is 0 Å². The van der Waals surface area contributed by atoms with Crippen molar-refractivity contribution in [3.63, 3.8) is 0 Å². The van der Waals surface area contributed by atoms with Gasteiger partial charge in [0.15, 0.2) is 0 Å². The molecule has 0 fully saturated rings. The molecule has 0 aliphatic heterocycles. The Labute approximate surface area is 143 Å². The lowest BCUT2D eigenvalue weighted by Crippen LogP contribution is -2.35. The van der Waals surface area contributed by atoms with Gasteiger partial charge in [-0.15, -0.1) is 0 Å². The molecule has 0 aliphatic carbocycles. The average Bonchev–Trinajstić information content (AvgIpc) is 2.53. The third-order valence-electron chi connectivity index (χ3n) is 4.22. The average molecular weight is 328 g/mol. The molecule has 0 aliphatic rings. The second kappa shape index (κ2) is 8.04. The van der Waals surface area contributed by atoms with Gasteiger partial charge in [-0.05, 0) is 61.6 Å². The van der Waals surface area contributed by atoms with Crippen LogP contribution in [0.2, 0.25) is 0 Å². The van der Waals surface area contributed by atoms with Gasteiger partial charge in [0.25, 0.3) is 5.91 Å². The van der Waals surface area contributed by atoms with Crippen LogP contribution in [0.4, 0.5) is 10.1 Å². The highest BCUT2D eigenvalue weighted by Gasteiger charge is 2.22. The van der Waals surface area contributed by atoms with Crippen LogP contribution in [0.15, 0.2) is 36.7 Å².